The van der Waals surface area contributed by atoms with Gasteiger partial charge in [0.2, 0.25) is 5.91 Å². The number of carbonyl (C=O) groups excluding carboxylic acids is 4. The molecular weight excluding hydrogens is 342 g/mol. The highest BCUT2D eigenvalue weighted by Gasteiger charge is 2.60. The van der Waals surface area contributed by atoms with Crippen LogP contribution in [0.25, 0.3) is 0 Å². The van der Waals surface area contributed by atoms with Gasteiger partial charge < -0.3 is 34.5 Å². The number of ether oxygens (including phenoxy) is 4. The fraction of sp³-hybridized carbons (Fsp3) is 0.714. The number of hydrogen-bond donors (Lipinski definition) is 3. The van der Waals surface area contributed by atoms with E-state index in [1.54, 1.807) is 0 Å². The van der Waals surface area contributed by atoms with Gasteiger partial charge in [0.05, 0.1) is 6.61 Å². The predicted molar refractivity (Wildman–Crippen MR) is 77.4 cm³/mol. The van der Waals surface area contributed by atoms with Crippen molar-refractivity contribution in [2.45, 2.75) is 58.0 Å². The van der Waals surface area contributed by atoms with Crippen LogP contribution in [0.1, 0.15) is 27.7 Å². The average molecular weight is 363 g/mol. The molecule has 11 heteroatoms. The Kier molecular flexibility index (Phi) is 6.85. The van der Waals surface area contributed by atoms with Crippen LogP contribution in [0.3, 0.4) is 0 Å². The monoisotopic (exact) mass is 363 g/mol. The maximum atomic E-state index is 11.5. The molecule has 0 unspecified atom stereocenters. The predicted octanol–water partition coefficient (Wildman–Crippen LogP) is -2.05. The Morgan fingerprint density at radius 2 is 1.52 bits per heavy atom. The van der Waals surface area contributed by atoms with Crippen molar-refractivity contribution in [1.82, 2.24) is 5.32 Å². The summed E-state index contributed by atoms with van der Waals surface area (Å²) in [7, 11) is 0. The Hall–Kier alpha value is -2.24. The third kappa shape index (κ3) is 5.37. The molecule has 5 atom stereocenters. The van der Waals surface area contributed by atoms with E-state index in [-0.39, 0.29) is 0 Å². The van der Waals surface area contributed by atoms with Gasteiger partial charge in [-0.3, -0.25) is 19.2 Å². The van der Waals surface area contributed by atoms with Crippen LogP contribution in [0.4, 0.5) is 0 Å². The summed E-state index contributed by atoms with van der Waals surface area (Å²) in [6.45, 7) is 3.41. The maximum Gasteiger partial charge on any atom is 0.352 e. The van der Waals surface area contributed by atoms with Gasteiger partial charge in [-0.2, -0.15) is 0 Å². The highest BCUT2D eigenvalue weighted by atomic mass is 16.8. The third-order valence-corrected chi connectivity index (χ3v) is 3.16. The minimum Gasteiger partial charge on any atom is -0.456 e. The lowest BCUT2D eigenvalue weighted by Crippen LogP contribution is -2.72. The second-order valence-corrected chi connectivity index (χ2v) is 5.39. The van der Waals surface area contributed by atoms with Crippen LogP contribution in [-0.2, 0) is 38.1 Å². The number of rotatable bonds is 5. The molecule has 0 spiro atoms. The topological polar surface area (TPSA) is 158 Å². The summed E-state index contributed by atoms with van der Waals surface area (Å²) in [5.41, 5.74) is 0. The Labute approximate surface area is 143 Å². The minimum atomic E-state index is -2.76. The summed E-state index contributed by atoms with van der Waals surface area (Å²) in [6, 6.07) is -1.62. The summed E-state index contributed by atoms with van der Waals surface area (Å²) >= 11 is 0. The minimum absolute atomic E-state index is 0.680. The van der Waals surface area contributed by atoms with Crippen molar-refractivity contribution in [1.29, 1.82) is 0 Å². The van der Waals surface area contributed by atoms with Crippen LogP contribution in [0.15, 0.2) is 0 Å². The molecule has 0 aromatic carbocycles. The Morgan fingerprint density at radius 3 is 1.92 bits per heavy atom. The molecule has 3 N–H and O–H groups in total. The van der Waals surface area contributed by atoms with Crippen molar-refractivity contribution in [3.8, 4) is 0 Å². The summed E-state index contributed by atoms with van der Waals surface area (Å²) in [5, 5.41) is 22.3. The van der Waals surface area contributed by atoms with Crippen LogP contribution in [0.5, 0.6) is 0 Å². The maximum absolute atomic E-state index is 11.5. The number of esters is 3. The quantitative estimate of drug-likeness (QED) is 0.282. The highest BCUT2D eigenvalue weighted by molar-refractivity contribution is 5.74. The molecule has 1 heterocycles. The van der Waals surface area contributed by atoms with E-state index in [1.165, 1.54) is 0 Å². The smallest absolute Gasteiger partial charge is 0.352 e. The van der Waals surface area contributed by atoms with Crippen LogP contribution >= 0.6 is 0 Å². The molecule has 142 valence electrons. The molecule has 1 saturated heterocycles. The number of aliphatic hydroxyl groups excluding tert-OH is 1. The number of aliphatic hydroxyl groups is 2. The number of hydrogen-bond acceptors (Lipinski definition) is 10. The number of carbonyl (C=O) groups is 4. The van der Waals surface area contributed by atoms with Gasteiger partial charge in [0, 0.05) is 27.7 Å². The summed E-state index contributed by atoms with van der Waals surface area (Å²) in [6.07, 6.45) is -4.28. The largest absolute Gasteiger partial charge is 0.456 e. The molecule has 1 amide bonds. The van der Waals surface area contributed by atoms with Gasteiger partial charge in [-0.1, -0.05) is 0 Å². The molecule has 0 aromatic heterocycles. The van der Waals surface area contributed by atoms with E-state index in [9.17, 15) is 29.4 Å². The van der Waals surface area contributed by atoms with Crippen molar-refractivity contribution in [3.63, 3.8) is 0 Å². The van der Waals surface area contributed by atoms with Gasteiger partial charge in [-0.05, 0) is 0 Å². The second-order valence-electron chi connectivity index (χ2n) is 5.39. The van der Waals surface area contributed by atoms with Crippen molar-refractivity contribution in [3.05, 3.63) is 0 Å². The fourth-order valence-corrected chi connectivity index (χ4v) is 2.45. The van der Waals surface area contributed by atoms with E-state index in [1.807, 2.05) is 0 Å². The second kappa shape index (κ2) is 8.23. The first kappa shape index (κ1) is 20.8. The van der Waals surface area contributed by atoms with Crippen LogP contribution < -0.4 is 5.32 Å². The molecule has 0 aromatic rings. The lowest BCUT2D eigenvalue weighted by molar-refractivity contribution is -0.409. The van der Waals surface area contributed by atoms with Crippen LogP contribution in [-0.4, -0.2) is 71.0 Å². The third-order valence-electron chi connectivity index (χ3n) is 3.16. The zero-order chi connectivity index (χ0) is 19.4. The molecule has 11 nitrogen and oxygen atoms in total. The van der Waals surface area contributed by atoms with Gasteiger partial charge in [-0.15, -0.1) is 0 Å². The van der Waals surface area contributed by atoms with Crippen molar-refractivity contribution in [2.24, 2.45) is 0 Å². The molecule has 1 aliphatic rings. The summed E-state index contributed by atoms with van der Waals surface area (Å²) in [5.74, 6) is -6.03. The first-order valence-electron chi connectivity index (χ1n) is 7.32. The zero-order valence-electron chi connectivity index (χ0n) is 14.2. The SMILES string of the molecule is CC(=O)N[C@@H]1[C@@H](OC(C)=O)[C@H](OC(C)=O)[C@@H](CO)O[C@@]1(O)OC(C)=O. The molecule has 1 fully saturated rings. The van der Waals surface area contributed by atoms with E-state index in [2.05, 4.69) is 5.32 Å². The zero-order valence-corrected chi connectivity index (χ0v) is 14.2. The van der Waals surface area contributed by atoms with E-state index in [0.717, 1.165) is 27.7 Å². The Balaban J connectivity index is 3.38. The van der Waals surface area contributed by atoms with Gasteiger partial charge in [-0.25, -0.2) is 0 Å². The highest BCUT2D eigenvalue weighted by Crippen LogP contribution is 2.33. The lowest BCUT2D eigenvalue weighted by Gasteiger charge is -2.47. The molecule has 1 rings (SSSR count). The average Bonchev–Trinajstić information content (AvgIpc) is 2.43. The first-order chi connectivity index (χ1) is 11.5. The number of amides is 1. The summed E-state index contributed by atoms with van der Waals surface area (Å²) < 4.78 is 19.9. The Bertz CT molecular complexity index is 550. The van der Waals surface area contributed by atoms with Crippen LogP contribution in [0, 0.1) is 0 Å². The molecule has 1 aliphatic heterocycles. The standard InChI is InChI=1S/C14H21NO10/c1-6(17)15-13-12(23-8(3)19)11(22-7(2)18)10(5-16)25-14(13,21)24-9(4)20/h10-13,16,21H,5H2,1-4H3,(H,15,17)/t10-,11-,12+,13-,14+/m1/s1. The van der Waals surface area contributed by atoms with E-state index in [4.69, 9.17) is 18.9 Å². The molecule has 25 heavy (non-hydrogen) atoms. The normalized spacial score (nSPS) is 31.6. The summed E-state index contributed by atoms with van der Waals surface area (Å²) in [4.78, 5) is 45.6. The molecule has 0 saturated carbocycles. The molecule has 0 radical (unpaired) electrons. The fourth-order valence-electron chi connectivity index (χ4n) is 2.45. The van der Waals surface area contributed by atoms with Crippen molar-refractivity contribution < 1.29 is 48.3 Å². The van der Waals surface area contributed by atoms with E-state index < -0.39 is 60.7 Å². The van der Waals surface area contributed by atoms with Gasteiger partial charge in [0.25, 0.3) is 0 Å². The number of nitrogens with one attached hydrogen (secondary N) is 1. The first-order valence-corrected chi connectivity index (χ1v) is 7.32. The van der Waals surface area contributed by atoms with Gasteiger partial charge in [0.1, 0.15) is 6.10 Å². The van der Waals surface area contributed by atoms with Crippen LogP contribution in [0.2, 0.25) is 0 Å². The van der Waals surface area contributed by atoms with Crippen molar-refractivity contribution >= 4 is 23.8 Å². The van der Waals surface area contributed by atoms with Gasteiger partial charge in [0.15, 0.2) is 18.2 Å². The Morgan fingerprint density at radius 1 is 1.00 bits per heavy atom. The molecule has 0 bridgehead atoms. The molecular formula is C14H21NO10. The van der Waals surface area contributed by atoms with Gasteiger partial charge >= 0.3 is 23.9 Å². The van der Waals surface area contributed by atoms with E-state index in [0.29, 0.717) is 0 Å². The van der Waals surface area contributed by atoms with E-state index >= 15 is 0 Å². The lowest BCUT2D eigenvalue weighted by atomic mass is 9.94. The molecule has 0 aliphatic carbocycles. The van der Waals surface area contributed by atoms with Crippen molar-refractivity contribution in [2.75, 3.05) is 6.61 Å².